The summed E-state index contributed by atoms with van der Waals surface area (Å²) in [5.74, 6) is -2.47. The van der Waals surface area contributed by atoms with Crippen LogP contribution in [0.1, 0.15) is 17.3 Å². The van der Waals surface area contributed by atoms with Crippen LogP contribution in [-0.2, 0) is 19.6 Å². The van der Waals surface area contributed by atoms with Gasteiger partial charge in [-0.15, -0.1) is 0 Å². The highest BCUT2D eigenvalue weighted by atomic mass is 32.2. The fraction of sp³-hybridized carbons (Fsp3) is 0.250. The average Bonchev–Trinajstić information content (AvgIpc) is 2.43. The third-order valence-electron chi connectivity index (χ3n) is 2.60. The van der Waals surface area contributed by atoms with Gasteiger partial charge in [0.2, 0.25) is 15.9 Å². The smallest absolute Gasteiger partial charge is 0.325 e. The molecule has 0 unspecified atom stereocenters. The van der Waals surface area contributed by atoms with Crippen molar-refractivity contribution >= 4 is 27.8 Å². The number of hydrogen-bond donors (Lipinski definition) is 4. The van der Waals surface area contributed by atoms with E-state index in [0.717, 1.165) is 12.1 Å². The number of sulfonamides is 1. The number of carbonyl (C=O) groups is 3. The molecule has 1 atom stereocenters. The zero-order chi connectivity index (χ0) is 16.9. The van der Waals surface area contributed by atoms with Crippen LogP contribution >= 0.6 is 0 Å². The molecule has 0 bridgehead atoms. The first-order chi connectivity index (χ1) is 10.1. The van der Waals surface area contributed by atoms with Gasteiger partial charge in [-0.25, -0.2) is 13.6 Å². The van der Waals surface area contributed by atoms with E-state index >= 15 is 0 Å². The van der Waals surface area contributed by atoms with E-state index in [0.29, 0.717) is 0 Å². The molecule has 0 aliphatic heterocycles. The Morgan fingerprint density at radius 2 is 1.77 bits per heavy atom. The van der Waals surface area contributed by atoms with Crippen molar-refractivity contribution in [3.05, 3.63) is 29.8 Å². The van der Waals surface area contributed by atoms with Crippen LogP contribution in [0.2, 0.25) is 0 Å². The van der Waals surface area contributed by atoms with Crippen LogP contribution in [0.25, 0.3) is 0 Å². The Hall–Kier alpha value is -2.46. The zero-order valence-corrected chi connectivity index (χ0v) is 12.4. The highest BCUT2D eigenvalue weighted by Gasteiger charge is 2.15. The minimum Gasteiger partial charge on any atom is -0.480 e. The summed E-state index contributed by atoms with van der Waals surface area (Å²) >= 11 is 0. The molecule has 22 heavy (non-hydrogen) atoms. The summed E-state index contributed by atoms with van der Waals surface area (Å²) in [5.41, 5.74) is 0.131. The summed E-state index contributed by atoms with van der Waals surface area (Å²) in [5, 5.41) is 18.0. The summed E-state index contributed by atoms with van der Waals surface area (Å²) in [6.45, 7) is 0.876. The summed E-state index contributed by atoms with van der Waals surface area (Å²) in [6.07, 6.45) is 0. The molecular formula is C12H15N3O6S. The molecule has 0 heterocycles. The lowest BCUT2D eigenvalue weighted by molar-refractivity contribution is -0.141. The lowest BCUT2D eigenvalue weighted by Crippen LogP contribution is -2.44. The molecule has 0 saturated heterocycles. The summed E-state index contributed by atoms with van der Waals surface area (Å²) in [7, 11) is -3.84. The number of nitrogens with two attached hydrogens (primary N) is 1. The molecule has 0 spiro atoms. The van der Waals surface area contributed by atoms with Gasteiger partial charge in [-0.1, -0.05) is 0 Å². The van der Waals surface area contributed by atoms with Crippen LogP contribution in [0.5, 0.6) is 0 Å². The number of aliphatic carboxylic acids is 1. The van der Waals surface area contributed by atoms with E-state index < -0.39 is 40.4 Å². The maximum Gasteiger partial charge on any atom is 0.325 e. The molecule has 1 aromatic carbocycles. The molecule has 10 heteroatoms. The second kappa shape index (κ2) is 7.00. The SMILES string of the molecule is C[C@H](NC(=O)CNC(=O)c1ccc(S(N)(=O)=O)cc1)C(=O)O. The van der Waals surface area contributed by atoms with Crippen LogP contribution in [0.4, 0.5) is 0 Å². The highest BCUT2D eigenvalue weighted by molar-refractivity contribution is 7.89. The number of carbonyl (C=O) groups excluding carboxylic acids is 2. The largest absolute Gasteiger partial charge is 0.480 e. The van der Waals surface area contributed by atoms with E-state index in [2.05, 4.69) is 10.6 Å². The molecular weight excluding hydrogens is 314 g/mol. The number of rotatable bonds is 6. The Labute approximate surface area is 126 Å². The van der Waals surface area contributed by atoms with Crippen LogP contribution in [0, 0.1) is 0 Å². The maximum absolute atomic E-state index is 11.7. The summed E-state index contributed by atoms with van der Waals surface area (Å²) in [4.78, 5) is 33.5. The molecule has 0 aromatic heterocycles. The monoisotopic (exact) mass is 329 g/mol. The Kier molecular flexibility index (Phi) is 5.60. The molecule has 5 N–H and O–H groups in total. The number of carboxylic acid groups (broad SMARTS) is 1. The first-order valence-electron chi connectivity index (χ1n) is 6.04. The predicted octanol–water partition coefficient (Wildman–Crippen LogP) is -1.35. The van der Waals surface area contributed by atoms with Crippen LogP contribution < -0.4 is 15.8 Å². The van der Waals surface area contributed by atoms with Crippen molar-refractivity contribution in [3.63, 3.8) is 0 Å². The van der Waals surface area contributed by atoms with Gasteiger partial charge in [-0.05, 0) is 31.2 Å². The van der Waals surface area contributed by atoms with Crippen molar-refractivity contribution < 1.29 is 27.9 Å². The molecule has 9 nitrogen and oxygen atoms in total. The quantitative estimate of drug-likeness (QED) is 0.506. The first kappa shape index (κ1) is 17.6. The second-order valence-electron chi connectivity index (χ2n) is 4.38. The van der Waals surface area contributed by atoms with Gasteiger partial charge in [0, 0.05) is 5.56 Å². The number of amides is 2. The number of primary sulfonamides is 1. The molecule has 120 valence electrons. The van der Waals surface area contributed by atoms with Crippen molar-refractivity contribution in [1.82, 2.24) is 10.6 Å². The molecule has 2 amide bonds. The number of nitrogens with one attached hydrogen (secondary N) is 2. The minimum absolute atomic E-state index is 0.131. The Bertz CT molecular complexity index is 683. The topological polar surface area (TPSA) is 156 Å². The minimum atomic E-state index is -3.84. The molecule has 0 radical (unpaired) electrons. The van der Waals surface area contributed by atoms with Crippen molar-refractivity contribution in [2.75, 3.05) is 6.54 Å². The molecule has 1 aromatic rings. The van der Waals surface area contributed by atoms with Gasteiger partial charge < -0.3 is 15.7 Å². The molecule has 0 aliphatic carbocycles. The molecule has 0 fully saturated rings. The van der Waals surface area contributed by atoms with Gasteiger partial charge in [0.05, 0.1) is 11.4 Å². The fourth-order valence-corrected chi connectivity index (χ4v) is 1.93. The average molecular weight is 329 g/mol. The Morgan fingerprint density at radius 1 is 1.23 bits per heavy atom. The van der Waals surface area contributed by atoms with E-state index in [1.807, 2.05) is 0 Å². The lowest BCUT2D eigenvalue weighted by atomic mass is 10.2. The molecule has 0 saturated carbocycles. The zero-order valence-electron chi connectivity index (χ0n) is 11.6. The van der Waals surface area contributed by atoms with Crippen molar-refractivity contribution in [3.8, 4) is 0 Å². The van der Waals surface area contributed by atoms with Gasteiger partial charge in [0.1, 0.15) is 6.04 Å². The Morgan fingerprint density at radius 3 is 2.23 bits per heavy atom. The standard InChI is InChI=1S/C12H15N3O6S/c1-7(12(18)19)15-10(16)6-14-11(17)8-2-4-9(5-3-8)22(13,20)21/h2-5,7H,6H2,1H3,(H,14,17)(H,15,16)(H,18,19)(H2,13,20,21)/t7-/m0/s1. The number of hydrogen-bond acceptors (Lipinski definition) is 5. The van der Waals surface area contributed by atoms with Gasteiger partial charge in [0.25, 0.3) is 5.91 Å². The van der Waals surface area contributed by atoms with Gasteiger partial charge in [-0.2, -0.15) is 0 Å². The van der Waals surface area contributed by atoms with E-state index in [1.54, 1.807) is 0 Å². The summed E-state index contributed by atoms with van der Waals surface area (Å²) in [6, 6.07) is 3.74. The van der Waals surface area contributed by atoms with Crippen LogP contribution in [-0.4, -0.2) is 43.9 Å². The van der Waals surface area contributed by atoms with E-state index in [-0.39, 0.29) is 10.5 Å². The lowest BCUT2D eigenvalue weighted by Gasteiger charge is -2.10. The van der Waals surface area contributed by atoms with Crippen molar-refractivity contribution in [2.45, 2.75) is 17.9 Å². The molecule has 0 aliphatic rings. The van der Waals surface area contributed by atoms with Crippen LogP contribution in [0.3, 0.4) is 0 Å². The maximum atomic E-state index is 11.7. The number of carboxylic acids is 1. The van der Waals surface area contributed by atoms with Crippen molar-refractivity contribution in [2.24, 2.45) is 5.14 Å². The van der Waals surface area contributed by atoms with Crippen molar-refractivity contribution in [1.29, 1.82) is 0 Å². The van der Waals surface area contributed by atoms with E-state index in [4.69, 9.17) is 10.2 Å². The van der Waals surface area contributed by atoms with Gasteiger partial charge in [-0.3, -0.25) is 14.4 Å². The second-order valence-corrected chi connectivity index (χ2v) is 5.94. The normalized spacial score (nSPS) is 12.3. The third kappa shape index (κ3) is 5.14. The Balaban J connectivity index is 2.59. The fourth-order valence-electron chi connectivity index (χ4n) is 1.41. The van der Waals surface area contributed by atoms with Gasteiger partial charge in [0.15, 0.2) is 0 Å². The predicted molar refractivity (Wildman–Crippen MR) is 75.4 cm³/mol. The first-order valence-corrected chi connectivity index (χ1v) is 7.59. The van der Waals surface area contributed by atoms with E-state index in [1.165, 1.54) is 19.1 Å². The summed E-state index contributed by atoms with van der Waals surface area (Å²) < 4.78 is 22.1. The third-order valence-corrected chi connectivity index (χ3v) is 3.53. The molecule has 1 rings (SSSR count). The van der Waals surface area contributed by atoms with E-state index in [9.17, 15) is 22.8 Å². The highest BCUT2D eigenvalue weighted by Crippen LogP contribution is 2.08. The van der Waals surface area contributed by atoms with Gasteiger partial charge >= 0.3 is 5.97 Å². The van der Waals surface area contributed by atoms with Crippen LogP contribution in [0.15, 0.2) is 29.2 Å². The number of benzene rings is 1.